The lowest BCUT2D eigenvalue weighted by Crippen LogP contribution is -2.14. The minimum atomic E-state index is -0.656. The fourth-order valence-electron chi connectivity index (χ4n) is 2.41. The molecule has 0 radical (unpaired) electrons. The average molecular weight is 334 g/mol. The van der Waals surface area contributed by atoms with Crippen LogP contribution in [0.1, 0.15) is 57.4 Å². The Hall–Kier alpha value is -1.81. The number of benzene rings is 1. The minimum Gasteiger partial charge on any atom is -0.457 e. The number of aliphatic hydroxyl groups excluding tert-OH is 1. The third-order valence-corrected chi connectivity index (χ3v) is 3.79. The lowest BCUT2D eigenvalue weighted by atomic mass is 10.0. The Morgan fingerprint density at radius 1 is 1.04 bits per heavy atom. The van der Waals surface area contributed by atoms with Gasteiger partial charge in [-0.3, -0.25) is 0 Å². The van der Waals surface area contributed by atoms with Gasteiger partial charge < -0.3 is 14.6 Å². The molecule has 0 spiro atoms. The summed E-state index contributed by atoms with van der Waals surface area (Å²) in [4.78, 5) is 11.5. The van der Waals surface area contributed by atoms with Crippen LogP contribution in [-0.4, -0.2) is 24.3 Å². The molecule has 0 aliphatic carbocycles. The van der Waals surface area contributed by atoms with Gasteiger partial charge in [0.2, 0.25) is 5.76 Å². The van der Waals surface area contributed by atoms with E-state index in [4.69, 9.17) is 14.6 Å². The number of aliphatic hydroxyl groups is 1. The summed E-state index contributed by atoms with van der Waals surface area (Å²) in [6.07, 6.45) is 10.2. The van der Waals surface area contributed by atoms with Crippen molar-refractivity contribution in [2.75, 3.05) is 13.2 Å². The smallest absolute Gasteiger partial charge is 0.373 e. The van der Waals surface area contributed by atoms with Crippen molar-refractivity contribution >= 4 is 5.97 Å². The second-order valence-corrected chi connectivity index (χ2v) is 5.90. The molecule has 0 aliphatic rings. The zero-order valence-corrected chi connectivity index (χ0v) is 14.8. The van der Waals surface area contributed by atoms with E-state index >= 15 is 0 Å². The second-order valence-electron chi connectivity index (χ2n) is 5.90. The van der Waals surface area contributed by atoms with Gasteiger partial charge in [-0.2, -0.15) is 0 Å². The molecule has 0 atom stereocenters. The number of aryl methyl sites for hydroxylation is 1. The number of hydrogen-bond acceptors (Lipinski definition) is 4. The van der Waals surface area contributed by atoms with Crippen LogP contribution in [0, 0.1) is 0 Å². The van der Waals surface area contributed by atoms with Crippen molar-refractivity contribution in [3.63, 3.8) is 0 Å². The lowest BCUT2D eigenvalue weighted by Gasteiger charge is -2.09. The van der Waals surface area contributed by atoms with Crippen molar-refractivity contribution in [3.8, 4) is 5.75 Å². The van der Waals surface area contributed by atoms with Gasteiger partial charge in [0.25, 0.3) is 0 Å². The summed E-state index contributed by atoms with van der Waals surface area (Å²) in [6.45, 7) is 5.50. The third kappa shape index (κ3) is 8.73. The lowest BCUT2D eigenvalue weighted by molar-refractivity contribution is -0.142. The Morgan fingerprint density at radius 3 is 2.29 bits per heavy atom. The van der Waals surface area contributed by atoms with Gasteiger partial charge in [-0.1, -0.05) is 57.6 Å². The van der Waals surface area contributed by atoms with Gasteiger partial charge in [0.1, 0.15) is 12.4 Å². The van der Waals surface area contributed by atoms with Crippen molar-refractivity contribution in [3.05, 3.63) is 42.2 Å². The summed E-state index contributed by atoms with van der Waals surface area (Å²) in [7, 11) is 0. The Labute approximate surface area is 145 Å². The van der Waals surface area contributed by atoms with Crippen molar-refractivity contribution in [2.45, 2.75) is 58.3 Å². The first-order chi connectivity index (χ1) is 11.7. The highest BCUT2D eigenvalue weighted by atomic mass is 16.6. The molecule has 0 heterocycles. The Morgan fingerprint density at radius 2 is 1.67 bits per heavy atom. The topological polar surface area (TPSA) is 55.8 Å². The summed E-state index contributed by atoms with van der Waals surface area (Å²) in [6, 6.07) is 7.69. The van der Waals surface area contributed by atoms with Gasteiger partial charge in [-0.15, -0.1) is 0 Å². The van der Waals surface area contributed by atoms with Crippen molar-refractivity contribution in [1.82, 2.24) is 0 Å². The molecule has 0 unspecified atom stereocenters. The number of esters is 1. The highest BCUT2D eigenvalue weighted by Crippen LogP contribution is 2.17. The molecule has 24 heavy (non-hydrogen) atoms. The molecular weight excluding hydrogens is 304 g/mol. The van der Waals surface area contributed by atoms with Crippen molar-refractivity contribution in [1.29, 1.82) is 0 Å². The molecule has 4 heteroatoms. The van der Waals surface area contributed by atoms with Crippen LogP contribution in [0.4, 0.5) is 0 Å². The highest BCUT2D eigenvalue weighted by Gasteiger charge is 2.10. The van der Waals surface area contributed by atoms with E-state index in [0.717, 1.165) is 6.42 Å². The first-order valence-corrected chi connectivity index (χ1v) is 8.91. The maximum Gasteiger partial charge on any atom is 0.373 e. The molecule has 1 N–H and O–H groups in total. The maximum absolute atomic E-state index is 11.5. The van der Waals surface area contributed by atoms with Crippen LogP contribution in [0.5, 0.6) is 5.75 Å². The predicted octanol–water partition coefficient (Wildman–Crippen LogP) is 4.41. The summed E-state index contributed by atoms with van der Waals surface area (Å²) >= 11 is 0. The number of carbonyl (C=O) groups is 1. The summed E-state index contributed by atoms with van der Waals surface area (Å²) in [5, 5.41) is 8.61. The SMILES string of the molecule is C=C(Oc1ccc(CCCCCCCCC)cc1)C(=O)OCCO. The number of rotatable bonds is 13. The van der Waals surface area contributed by atoms with E-state index in [2.05, 4.69) is 13.5 Å². The Kier molecular flexibility index (Phi) is 10.6. The summed E-state index contributed by atoms with van der Waals surface area (Å²) in [5.41, 5.74) is 1.27. The van der Waals surface area contributed by atoms with Crippen LogP contribution in [-0.2, 0) is 16.0 Å². The van der Waals surface area contributed by atoms with Gasteiger partial charge in [-0.05, 0) is 37.1 Å². The maximum atomic E-state index is 11.5. The van der Waals surface area contributed by atoms with Gasteiger partial charge in [0, 0.05) is 0 Å². The van der Waals surface area contributed by atoms with E-state index in [1.165, 1.54) is 50.5 Å². The molecule has 0 aromatic heterocycles. The molecule has 1 aromatic carbocycles. The van der Waals surface area contributed by atoms with E-state index in [-0.39, 0.29) is 19.0 Å². The van der Waals surface area contributed by atoms with E-state index in [1.807, 2.05) is 24.3 Å². The molecule has 0 saturated heterocycles. The summed E-state index contributed by atoms with van der Waals surface area (Å²) in [5.74, 6) is -0.177. The number of unbranched alkanes of at least 4 members (excludes halogenated alkanes) is 6. The molecular formula is C20H30O4. The molecule has 0 amide bonds. The summed E-state index contributed by atoms with van der Waals surface area (Å²) < 4.78 is 10.1. The van der Waals surface area contributed by atoms with Gasteiger partial charge >= 0.3 is 5.97 Å². The zero-order valence-electron chi connectivity index (χ0n) is 14.8. The van der Waals surface area contributed by atoms with E-state index in [9.17, 15) is 4.79 Å². The molecule has 0 saturated carbocycles. The molecule has 0 bridgehead atoms. The zero-order chi connectivity index (χ0) is 17.6. The average Bonchev–Trinajstić information content (AvgIpc) is 2.60. The highest BCUT2D eigenvalue weighted by molar-refractivity contribution is 5.86. The van der Waals surface area contributed by atoms with Crippen LogP contribution in [0.25, 0.3) is 0 Å². The normalized spacial score (nSPS) is 10.4. The number of ether oxygens (including phenoxy) is 2. The van der Waals surface area contributed by atoms with Crippen LogP contribution < -0.4 is 4.74 Å². The largest absolute Gasteiger partial charge is 0.457 e. The monoisotopic (exact) mass is 334 g/mol. The van der Waals surface area contributed by atoms with Crippen LogP contribution >= 0.6 is 0 Å². The Bertz CT molecular complexity index is 479. The molecule has 0 aliphatic heterocycles. The van der Waals surface area contributed by atoms with Gasteiger partial charge in [0.05, 0.1) is 6.61 Å². The minimum absolute atomic E-state index is 0.0569. The van der Waals surface area contributed by atoms with Crippen LogP contribution in [0.15, 0.2) is 36.6 Å². The second kappa shape index (κ2) is 12.6. The fourth-order valence-corrected chi connectivity index (χ4v) is 2.41. The quantitative estimate of drug-likeness (QED) is 0.251. The van der Waals surface area contributed by atoms with Crippen molar-refractivity contribution < 1.29 is 19.4 Å². The third-order valence-electron chi connectivity index (χ3n) is 3.79. The van der Waals surface area contributed by atoms with Crippen molar-refractivity contribution in [2.24, 2.45) is 0 Å². The van der Waals surface area contributed by atoms with E-state index in [0.29, 0.717) is 5.75 Å². The first kappa shape index (κ1) is 20.2. The van der Waals surface area contributed by atoms with Gasteiger partial charge in [-0.25, -0.2) is 4.79 Å². The molecule has 4 nitrogen and oxygen atoms in total. The fraction of sp³-hybridized carbons (Fsp3) is 0.550. The Balaban J connectivity index is 2.25. The first-order valence-electron chi connectivity index (χ1n) is 8.91. The van der Waals surface area contributed by atoms with E-state index in [1.54, 1.807) is 0 Å². The molecule has 0 fully saturated rings. The molecule has 1 rings (SSSR count). The molecule has 1 aromatic rings. The number of hydrogen-bond donors (Lipinski definition) is 1. The predicted molar refractivity (Wildman–Crippen MR) is 96.0 cm³/mol. The standard InChI is InChI=1S/C20H30O4/c1-3-4-5-6-7-8-9-10-18-11-13-19(14-12-18)24-17(2)20(22)23-16-15-21/h11-14,21H,2-10,15-16H2,1H3. The van der Waals surface area contributed by atoms with Crippen LogP contribution in [0.2, 0.25) is 0 Å². The van der Waals surface area contributed by atoms with Gasteiger partial charge in [0.15, 0.2) is 0 Å². The molecule has 134 valence electrons. The number of carbonyl (C=O) groups excluding carboxylic acids is 1. The van der Waals surface area contributed by atoms with Crippen LogP contribution in [0.3, 0.4) is 0 Å². The van der Waals surface area contributed by atoms with E-state index < -0.39 is 5.97 Å².